The summed E-state index contributed by atoms with van der Waals surface area (Å²) < 4.78 is 26.9. The van der Waals surface area contributed by atoms with E-state index in [0.717, 1.165) is 0 Å². The zero-order chi connectivity index (χ0) is 19.9. The Morgan fingerprint density at radius 3 is 2.79 bits per heavy atom. The maximum absolute atomic E-state index is 12.8. The van der Waals surface area contributed by atoms with Crippen LogP contribution < -0.4 is 15.8 Å². The fraction of sp³-hybridized carbons (Fsp3) is 0.444. The number of amides is 2. The van der Waals surface area contributed by atoms with Gasteiger partial charge in [-0.25, -0.2) is 13.1 Å². The van der Waals surface area contributed by atoms with E-state index in [-0.39, 0.29) is 47.1 Å². The molecule has 1 aliphatic rings. The molecule has 1 fully saturated rings. The fourth-order valence-electron chi connectivity index (χ4n) is 2.95. The smallest absolute Gasteiger partial charge is 0.253 e. The van der Waals surface area contributed by atoms with Gasteiger partial charge in [-0.05, 0) is 31.0 Å². The Kier molecular flexibility index (Phi) is 9.60. The number of rotatable bonds is 8. The minimum Gasteiger partial charge on any atom is -0.355 e. The predicted molar refractivity (Wildman–Crippen MR) is 110 cm³/mol. The molecule has 4 N–H and O–H groups in total. The lowest BCUT2D eigenvalue weighted by Gasteiger charge is -2.32. The van der Waals surface area contributed by atoms with E-state index in [1.807, 2.05) is 0 Å². The molecule has 0 saturated carbocycles. The summed E-state index contributed by atoms with van der Waals surface area (Å²) in [4.78, 5) is 26.6. The van der Waals surface area contributed by atoms with Crippen molar-refractivity contribution < 1.29 is 18.0 Å². The number of likely N-dealkylation sites (tertiary alicyclic amines) is 1. The molecule has 10 heteroatoms. The van der Waals surface area contributed by atoms with Crippen molar-refractivity contribution in [1.29, 1.82) is 0 Å². The minimum atomic E-state index is -3.71. The van der Waals surface area contributed by atoms with Crippen LogP contribution in [0.15, 0.2) is 41.8 Å². The van der Waals surface area contributed by atoms with Gasteiger partial charge in [0, 0.05) is 38.3 Å². The van der Waals surface area contributed by atoms with E-state index < -0.39 is 10.0 Å². The molecule has 1 heterocycles. The average Bonchev–Trinajstić information content (AvgIpc) is 2.70. The molecular formula is C18H27ClN4O4S. The first-order valence-electron chi connectivity index (χ1n) is 8.86. The summed E-state index contributed by atoms with van der Waals surface area (Å²) in [5.74, 6) is -0.676. The zero-order valence-electron chi connectivity index (χ0n) is 15.6. The zero-order valence-corrected chi connectivity index (χ0v) is 17.2. The molecule has 0 spiro atoms. The summed E-state index contributed by atoms with van der Waals surface area (Å²) in [5, 5.41) is 2.75. The van der Waals surface area contributed by atoms with Crippen molar-refractivity contribution in [2.75, 3.05) is 32.7 Å². The number of hydrogen-bond donors (Lipinski definition) is 3. The van der Waals surface area contributed by atoms with Gasteiger partial charge in [-0.3, -0.25) is 9.59 Å². The number of carbonyl (C=O) groups is 2. The van der Waals surface area contributed by atoms with E-state index in [1.54, 1.807) is 11.0 Å². The molecule has 1 aromatic carbocycles. The van der Waals surface area contributed by atoms with Crippen molar-refractivity contribution in [2.24, 2.45) is 11.7 Å². The fourth-order valence-corrected chi connectivity index (χ4v) is 3.99. The number of nitrogens with one attached hydrogen (secondary N) is 2. The predicted octanol–water partition coefficient (Wildman–Crippen LogP) is 0.500. The molecule has 1 atom stereocenters. The third kappa shape index (κ3) is 6.30. The van der Waals surface area contributed by atoms with Crippen LogP contribution >= 0.6 is 12.4 Å². The van der Waals surface area contributed by atoms with Crippen LogP contribution in [0.25, 0.3) is 0 Å². The summed E-state index contributed by atoms with van der Waals surface area (Å²) in [6, 6.07) is 5.89. The Morgan fingerprint density at radius 1 is 1.36 bits per heavy atom. The Morgan fingerprint density at radius 2 is 2.11 bits per heavy atom. The quantitative estimate of drug-likeness (QED) is 0.518. The number of piperidine rings is 1. The second kappa shape index (κ2) is 11.2. The minimum absolute atomic E-state index is 0. The van der Waals surface area contributed by atoms with Crippen molar-refractivity contribution >= 4 is 34.2 Å². The van der Waals surface area contributed by atoms with Crippen molar-refractivity contribution in [3.05, 3.63) is 42.5 Å². The molecule has 1 aliphatic heterocycles. The van der Waals surface area contributed by atoms with Crippen LogP contribution in [0.1, 0.15) is 23.2 Å². The lowest BCUT2D eigenvalue weighted by Crippen LogP contribution is -2.46. The number of halogens is 1. The SMILES string of the molecule is C=CCNS(=O)(=O)c1cccc(C(=O)N2CCCC(C(=O)NCCN)C2)c1.Cl. The second-order valence-electron chi connectivity index (χ2n) is 6.34. The normalized spacial score (nSPS) is 16.8. The van der Waals surface area contributed by atoms with Gasteiger partial charge in [0.05, 0.1) is 10.8 Å². The monoisotopic (exact) mass is 430 g/mol. The summed E-state index contributed by atoms with van der Waals surface area (Å²) >= 11 is 0. The molecule has 0 aromatic heterocycles. The van der Waals surface area contributed by atoms with Gasteiger partial charge in [-0.1, -0.05) is 12.1 Å². The van der Waals surface area contributed by atoms with E-state index in [2.05, 4.69) is 16.6 Å². The molecule has 1 unspecified atom stereocenters. The summed E-state index contributed by atoms with van der Waals surface area (Å²) in [6.07, 6.45) is 2.86. The van der Waals surface area contributed by atoms with Crippen LogP contribution in [0, 0.1) is 5.92 Å². The molecule has 1 saturated heterocycles. The Bertz CT molecular complexity index is 801. The number of nitrogens with two attached hydrogens (primary N) is 1. The van der Waals surface area contributed by atoms with Crippen molar-refractivity contribution in [1.82, 2.24) is 14.9 Å². The number of carbonyl (C=O) groups excluding carboxylic acids is 2. The van der Waals surface area contributed by atoms with E-state index in [1.165, 1.54) is 24.3 Å². The van der Waals surface area contributed by atoms with Crippen LogP contribution in [0.4, 0.5) is 0 Å². The van der Waals surface area contributed by atoms with E-state index >= 15 is 0 Å². The molecule has 0 bridgehead atoms. The van der Waals surface area contributed by atoms with Crippen LogP contribution in [-0.4, -0.2) is 57.9 Å². The van der Waals surface area contributed by atoms with Crippen molar-refractivity contribution in [3.8, 4) is 0 Å². The van der Waals surface area contributed by atoms with Gasteiger partial charge in [0.15, 0.2) is 0 Å². The molecule has 0 aliphatic carbocycles. The van der Waals surface area contributed by atoms with Crippen LogP contribution in [0.5, 0.6) is 0 Å². The van der Waals surface area contributed by atoms with Crippen molar-refractivity contribution in [3.63, 3.8) is 0 Å². The number of sulfonamides is 1. The molecule has 2 rings (SSSR count). The lowest BCUT2D eigenvalue weighted by molar-refractivity contribution is -0.126. The van der Waals surface area contributed by atoms with Crippen LogP contribution in [0.2, 0.25) is 0 Å². The molecule has 2 amide bonds. The van der Waals surface area contributed by atoms with Gasteiger partial charge in [-0.15, -0.1) is 19.0 Å². The van der Waals surface area contributed by atoms with E-state index in [9.17, 15) is 18.0 Å². The van der Waals surface area contributed by atoms with Gasteiger partial charge in [0.25, 0.3) is 5.91 Å². The van der Waals surface area contributed by atoms with Gasteiger partial charge < -0.3 is 16.0 Å². The molecule has 8 nitrogen and oxygen atoms in total. The second-order valence-corrected chi connectivity index (χ2v) is 8.11. The van der Waals surface area contributed by atoms with Crippen molar-refractivity contribution in [2.45, 2.75) is 17.7 Å². The topological polar surface area (TPSA) is 122 Å². The highest BCUT2D eigenvalue weighted by Gasteiger charge is 2.29. The Labute approximate surface area is 172 Å². The highest BCUT2D eigenvalue weighted by molar-refractivity contribution is 7.89. The largest absolute Gasteiger partial charge is 0.355 e. The van der Waals surface area contributed by atoms with E-state index in [4.69, 9.17) is 5.73 Å². The van der Waals surface area contributed by atoms with Gasteiger partial charge in [0.1, 0.15) is 0 Å². The van der Waals surface area contributed by atoms with Crippen LogP contribution in [-0.2, 0) is 14.8 Å². The highest BCUT2D eigenvalue weighted by atomic mass is 35.5. The molecular weight excluding hydrogens is 404 g/mol. The molecule has 28 heavy (non-hydrogen) atoms. The summed E-state index contributed by atoms with van der Waals surface area (Å²) in [7, 11) is -3.71. The maximum Gasteiger partial charge on any atom is 0.253 e. The summed E-state index contributed by atoms with van der Waals surface area (Å²) in [6.45, 7) is 5.19. The number of nitrogens with zero attached hydrogens (tertiary/aromatic N) is 1. The number of benzene rings is 1. The van der Waals surface area contributed by atoms with Crippen LogP contribution in [0.3, 0.4) is 0 Å². The number of hydrogen-bond acceptors (Lipinski definition) is 5. The van der Waals surface area contributed by atoms with Gasteiger partial charge >= 0.3 is 0 Å². The molecule has 0 radical (unpaired) electrons. The van der Waals surface area contributed by atoms with Gasteiger partial charge in [-0.2, -0.15) is 0 Å². The first kappa shape index (κ1) is 24.1. The first-order chi connectivity index (χ1) is 12.9. The third-order valence-electron chi connectivity index (χ3n) is 4.33. The standard InChI is InChI=1S/C18H26N4O4S.ClH/c1-2-9-21-27(25,26)16-7-3-5-14(12-16)18(24)22-11-4-6-15(13-22)17(23)20-10-8-19;/h2-3,5,7,12,15,21H,1,4,6,8-11,13,19H2,(H,20,23);1H. The Hall–Kier alpha value is -1.94. The lowest BCUT2D eigenvalue weighted by atomic mass is 9.96. The highest BCUT2D eigenvalue weighted by Crippen LogP contribution is 2.20. The molecule has 156 valence electrons. The van der Waals surface area contributed by atoms with E-state index in [0.29, 0.717) is 39.0 Å². The van der Waals surface area contributed by atoms with Gasteiger partial charge in [0.2, 0.25) is 15.9 Å². The molecule has 1 aromatic rings. The maximum atomic E-state index is 12.8. The average molecular weight is 431 g/mol. The summed E-state index contributed by atoms with van der Waals surface area (Å²) in [5.41, 5.74) is 5.68. The third-order valence-corrected chi connectivity index (χ3v) is 5.75. The Balaban J connectivity index is 0.00000392. The first-order valence-corrected chi connectivity index (χ1v) is 10.3.